The summed E-state index contributed by atoms with van der Waals surface area (Å²) in [5.41, 5.74) is -0.723. The van der Waals surface area contributed by atoms with Gasteiger partial charge in [-0.15, -0.1) is 0 Å². The van der Waals surface area contributed by atoms with Crippen molar-refractivity contribution in [1.82, 2.24) is 0 Å². The van der Waals surface area contributed by atoms with Gasteiger partial charge < -0.3 is 14.6 Å². The summed E-state index contributed by atoms with van der Waals surface area (Å²) in [6.45, 7) is 0. The molecule has 0 aliphatic rings. The Kier molecular flexibility index (Phi) is 4.39. The van der Waals surface area contributed by atoms with Gasteiger partial charge in [0, 0.05) is 11.1 Å². The standard InChI is InChI=1S/C11H12F2O4/c1-16-7-5-3-4-6(10(12)13)8(7)9(14)11(15)17-2/h3-5,9-10,14H,1-2H3. The van der Waals surface area contributed by atoms with Gasteiger partial charge in [0.05, 0.1) is 14.2 Å². The van der Waals surface area contributed by atoms with Gasteiger partial charge in [-0.3, -0.25) is 0 Å². The number of alkyl halides is 2. The molecule has 1 rings (SSSR count). The molecule has 0 aliphatic heterocycles. The molecule has 0 amide bonds. The Bertz CT molecular complexity index is 406. The number of carbonyl (C=O) groups excluding carboxylic acids is 1. The number of hydrogen-bond acceptors (Lipinski definition) is 4. The number of aliphatic hydroxyl groups excluding tert-OH is 1. The lowest BCUT2D eigenvalue weighted by atomic mass is 10.0. The first-order valence-electron chi connectivity index (χ1n) is 4.73. The first-order valence-corrected chi connectivity index (χ1v) is 4.73. The zero-order valence-corrected chi connectivity index (χ0v) is 9.31. The van der Waals surface area contributed by atoms with Crippen LogP contribution in [0.5, 0.6) is 5.75 Å². The number of benzene rings is 1. The molecule has 1 aromatic rings. The second-order valence-corrected chi connectivity index (χ2v) is 3.19. The fraction of sp³-hybridized carbons (Fsp3) is 0.364. The number of aliphatic hydroxyl groups is 1. The molecule has 0 aliphatic carbocycles. The van der Waals surface area contributed by atoms with Crippen molar-refractivity contribution in [3.05, 3.63) is 29.3 Å². The van der Waals surface area contributed by atoms with Crippen LogP contribution in [0.3, 0.4) is 0 Å². The van der Waals surface area contributed by atoms with Gasteiger partial charge in [0.25, 0.3) is 6.43 Å². The summed E-state index contributed by atoms with van der Waals surface area (Å²) in [5.74, 6) is -1.00. The highest BCUT2D eigenvalue weighted by molar-refractivity contribution is 5.77. The zero-order valence-electron chi connectivity index (χ0n) is 9.31. The Morgan fingerprint density at radius 2 is 2.00 bits per heavy atom. The van der Waals surface area contributed by atoms with Crippen molar-refractivity contribution in [2.45, 2.75) is 12.5 Å². The van der Waals surface area contributed by atoms with Crippen LogP contribution < -0.4 is 4.74 Å². The molecule has 0 saturated carbocycles. The fourth-order valence-electron chi connectivity index (χ4n) is 1.45. The number of ether oxygens (including phenoxy) is 2. The SMILES string of the molecule is COC(=O)C(O)c1c(OC)cccc1C(F)F. The Hall–Kier alpha value is -1.69. The largest absolute Gasteiger partial charge is 0.496 e. The second kappa shape index (κ2) is 5.58. The van der Waals surface area contributed by atoms with Crippen molar-refractivity contribution >= 4 is 5.97 Å². The lowest BCUT2D eigenvalue weighted by Crippen LogP contribution is -2.16. The van der Waals surface area contributed by atoms with Gasteiger partial charge in [0.2, 0.25) is 0 Å². The molecule has 0 spiro atoms. The molecule has 1 unspecified atom stereocenters. The normalized spacial score (nSPS) is 12.4. The Morgan fingerprint density at radius 3 is 2.47 bits per heavy atom. The maximum atomic E-state index is 12.8. The number of hydrogen-bond donors (Lipinski definition) is 1. The van der Waals surface area contributed by atoms with E-state index >= 15 is 0 Å². The first-order chi connectivity index (χ1) is 8.02. The van der Waals surface area contributed by atoms with Crippen LogP contribution in [-0.2, 0) is 9.53 Å². The van der Waals surface area contributed by atoms with E-state index in [1.54, 1.807) is 0 Å². The lowest BCUT2D eigenvalue weighted by molar-refractivity contribution is -0.150. The summed E-state index contributed by atoms with van der Waals surface area (Å²) >= 11 is 0. The summed E-state index contributed by atoms with van der Waals surface area (Å²) < 4.78 is 34.7. The monoisotopic (exact) mass is 246 g/mol. The van der Waals surface area contributed by atoms with Crippen LogP contribution in [-0.4, -0.2) is 25.3 Å². The number of esters is 1. The molecule has 0 bridgehead atoms. The third kappa shape index (κ3) is 2.71. The van der Waals surface area contributed by atoms with Gasteiger partial charge in [0.15, 0.2) is 6.10 Å². The molecule has 0 aromatic heterocycles. The van der Waals surface area contributed by atoms with Crippen LogP contribution in [0.2, 0.25) is 0 Å². The molecular formula is C11H12F2O4. The Morgan fingerprint density at radius 1 is 1.35 bits per heavy atom. The van der Waals surface area contributed by atoms with Gasteiger partial charge in [-0.05, 0) is 6.07 Å². The minimum Gasteiger partial charge on any atom is -0.496 e. The van der Waals surface area contributed by atoms with Gasteiger partial charge in [0.1, 0.15) is 5.75 Å². The molecule has 0 radical (unpaired) electrons. The summed E-state index contributed by atoms with van der Waals surface area (Å²) in [6.07, 6.45) is -4.61. The molecule has 1 aromatic carbocycles. The number of halogens is 2. The van der Waals surface area contributed by atoms with Crippen molar-refractivity contribution in [2.75, 3.05) is 14.2 Å². The third-order valence-corrected chi connectivity index (χ3v) is 2.25. The predicted molar refractivity (Wildman–Crippen MR) is 54.9 cm³/mol. The molecule has 4 nitrogen and oxygen atoms in total. The van der Waals surface area contributed by atoms with E-state index in [1.165, 1.54) is 19.2 Å². The van der Waals surface area contributed by atoms with Gasteiger partial charge in [-0.2, -0.15) is 0 Å². The summed E-state index contributed by atoms with van der Waals surface area (Å²) in [4.78, 5) is 11.2. The lowest BCUT2D eigenvalue weighted by Gasteiger charge is -2.16. The quantitative estimate of drug-likeness (QED) is 0.823. The molecule has 0 heterocycles. The molecule has 0 fully saturated rings. The molecule has 17 heavy (non-hydrogen) atoms. The average molecular weight is 246 g/mol. The molecule has 6 heteroatoms. The van der Waals surface area contributed by atoms with E-state index in [-0.39, 0.29) is 11.3 Å². The van der Waals surface area contributed by atoms with Crippen molar-refractivity contribution in [3.63, 3.8) is 0 Å². The van der Waals surface area contributed by atoms with Crippen molar-refractivity contribution in [2.24, 2.45) is 0 Å². The summed E-state index contributed by atoms with van der Waals surface area (Å²) in [5, 5.41) is 9.64. The highest BCUT2D eigenvalue weighted by Gasteiger charge is 2.28. The Balaban J connectivity index is 3.31. The van der Waals surface area contributed by atoms with E-state index in [9.17, 15) is 18.7 Å². The van der Waals surface area contributed by atoms with Crippen LogP contribution in [0, 0.1) is 0 Å². The van der Waals surface area contributed by atoms with Gasteiger partial charge >= 0.3 is 5.97 Å². The van der Waals surface area contributed by atoms with Crippen LogP contribution in [0.4, 0.5) is 8.78 Å². The van der Waals surface area contributed by atoms with Crippen molar-refractivity contribution in [3.8, 4) is 5.75 Å². The highest BCUT2D eigenvalue weighted by atomic mass is 19.3. The van der Waals surface area contributed by atoms with E-state index in [2.05, 4.69) is 4.74 Å². The van der Waals surface area contributed by atoms with E-state index in [1.807, 2.05) is 0 Å². The van der Waals surface area contributed by atoms with Crippen LogP contribution >= 0.6 is 0 Å². The smallest absolute Gasteiger partial charge is 0.339 e. The predicted octanol–water partition coefficient (Wildman–Crippen LogP) is 1.84. The molecule has 94 valence electrons. The van der Waals surface area contributed by atoms with Crippen molar-refractivity contribution in [1.29, 1.82) is 0 Å². The van der Waals surface area contributed by atoms with Crippen LogP contribution in [0.25, 0.3) is 0 Å². The molecule has 1 atom stereocenters. The maximum absolute atomic E-state index is 12.8. The summed E-state index contributed by atoms with van der Waals surface area (Å²) in [7, 11) is 2.32. The van der Waals surface area contributed by atoms with E-state index in [0.29, 0.717) is 0 Å². The maximum Gasteiger partial charge on any atom is 0.339 e. The first kappa shape index (κ1) is 13.4. The van der Waals surface area contributed by atoms with Gasteiger partial charge in [-0.25, -0.2) is 13.6 Å². The zero-order chi connectivity index (χ0) is 13.0. The number of carbonyl (C=O) groups is 1. The number of rotatable bonds is 4. The minimum absolute atomic E-state index is 0.0145. The molecular weight excluding hydrogens is 234 g/mol. The second-order valence-electron chi connectivity index (χ2n) is 3.19. The van der Waals surface area contributed by atoms with Gasteiger partial charge in [-0.1, -0.05) is 12.1 Å². The minimum atomic E-state index is -2.82. The van der Waals surface area contributed by atoms with E-state index in [0.717, 1.165) is 13.2 Å². The highest BCUT2D eigenvalue weighted by Crippen LogP contribution is 2.34. The Labute approximate surface area is 96.8 Å². The molecule has 0 saturated heterocycles. The third-order valence-electron chi connectivity index (χ3n) is 2.25. The van der Waals surface area contributed by atoms with E-state index < -0.39 is 24.1 Å². The van der Waals surface area contributed by atoms with Crippen LogP contribution in [0.15, 0.2) is 18.2 Å². The summed E-state index contributed by atoms with van der Waals surface area (Å²) in [6, 6.07) is 3.86. The topological polar surface area (TPSA) is 55.8 Å². The van der Waals surface area contributed by atoms with Crippen molar-refractivity contribution < 1.29 is 28.2 Å². The van der Waals surface area contributed by atoms with Crippen LogP contribution in [0.1, 0.15) is 23.7 Å². The number of methoxy groups -OCH3 is 2. The molecule has 1 N–H and O–H groups in total. The van der Waals surface area contributed by atoms with E-state index in [4.69, 9.17) is 4.74 Å². The fourth-order valence-corrected chi connectivity index (χ4v) is 1.45. The average Bonchev–Trinajstić information content (AvgIpc) is 2.35.